The largest absolute Gasteiger partial charge is 0.479 e. The number of carbonyl (C=O) groups excluding carboxylic acids is 1. The molecule has 1 aliphatic rings. The maximum Gasteiger partial charge on any atom is 0.330 e. The molecule has 2 aromatic rings. The predicted molar refractivity (Wildman–Crippen MR) is 100 cm³/mol. The molecule has 142 valence electrons. The standard InChI is InChI=1S/C20H21NO5S/c22-19(21-18(20(23)24)14-6-2-1-3-7-14)15-10-12-17(13-11-15)27(25,26)16-8-4-5-9-16/h1-3,6-7,10-13,16,18H,4-5,8-9H2,(H,21,22)(H,23,24)/t18-/m0/s1. The third kappa shape index (κ3) is 4.19. The molecule has 2 aromatic carbocycles. The molecule has 0 radical (unpaired) electrons. The molecular weight excluding hydrogens is 366 g/mol. The summed E-state index contributed by atoms with van der Waals surface area (Å²) in [4.78, 5) is 24.1. The van der Waals surface area contributed by atoms with Gasteiger partial charge in [0.25, 0.3) is 5.91 Å². The van der Waals surface area contributed by atoms with Crippen molar-refractivity contribution in [3.8, 4) is 0 Å². The van der Waals surface area contributed by atoms with Crippen molar-refractivity contribution in [1.29, 1.82) is 0 Å². The van der Waals surface area contributed by atoms with Crippen LogP contribution in [-0.4, -0.2) is 30.7 Å². The minimum absolute atomic E-state index is 0.198. The van der Waals surface area contributed by atoms with Crippen LogP contribution in [0, 0.1) is 0 Å². The maximum absolute atomic E-state index is 12.6. The van der Waals surface area contributed by atoms with E-state index in [0.717, 1.165) is 12.8 Å². The van der Waals surface area contributed by atoms with Gasteiger partial charge in [-0.25, -0.2) is 13.2 Å². The quantitative estimate of drug-likeness (QED) is 0.794. The Morgan fingerprint density at radius 1 is 0.963 bits per heavy atom. The number of benzene rings is 2. The van der Waals surface area contributed by atoms with E-state index in [1.165, 1.54) is 24.3 Å². The maximum atomic E-state index is 12.6. The summed E-state index contributed by atoms with van der Waals surface area (Å²) in [7, 11) is -3.39. The Labute approximate surface area is 158 Å². The van der Waals surface area contributed by atoms with E-state index in [9.17, 15) is 23.1 Å². The van der Waals surface area contributed by atoms with Gasteiger partial charge in [0, 0.05) is 5.56 Å². The van der Waals surface area contributed by atoms with Gasteiger partial charge in [-0.15, -0.1) is 0 Å². The van der Waals surface area contributed by atoms with Crippen molar-refractivity contribution in [1.82, 2.24) is 5.32 Å². The average molecular weight is 387 g/mol. The summed E-state index contributed by atoms with van der Waals surface area (Å²) < 4.78 is 25.2. The van der Waals surface area contributed by atoms with Crippen LogP contribution in [0.2, 0.25) is 0 Å². The molecule has 1 amide bonds. The molecule has 7 heteroatoms. The van der Waals surface area contributed by atoms with Crippen LogP contribution in [0.1, 0.15) is 47.6 Å². The third-order valence-electron chi connectivity index (χ3n) is 4.84. The van der Waals surface area contributed by atoms with Crippen molar-refractivity contribution in [2.45, 2.75) is 41.9 Å². The lowest BCUT2D eigenvalue weighted by Gasteiger charge is -2.15. The molecule has 0 spiro atoms. The highest BCUT2D eigenvalue weighted by molar-refractivity contribution is 7.92. The van der Waals surface area contributed by atoms with Crippen LogP contribution in [0.3, 0.4) is 0 Å². The van der Waals surface area contributed by atoms with Crippen molar-refractivity contribution >= 4 is 21.7 Å². The molecule has 6 nitrogen and oxygen atoms in total. The number of hydrogen-bond acceptors (Lipinski definition) is 4. The Kier molecular flexibility index (Phi) is 5.60. The topological polar surface area (TPSA) is 101 Å². The van der Waals surface area contributed by atoms with E-state index in [0.29, 0.717) is 18.4 Å². The number of carboxylic acids is 1. The van der Waals surface area contributed by atoms with Crippen LogP contribution in [0.4, 0.5) is 0 Å². The van der Waals surface area contributed by atoms with Crippen molar-refractivity contribution in [2.75, 3.05) is 0 Å². The Morgan fingerprint density at radius 3 is 2.11 bits per heavy atom. The Bertz CT molecular complexity index is 917. The lowest BCUT2D eigenvalue weighted by Crippen LogP contribution is -2.33. The first kappa shape index (κ1) is 19.1. The SMILES string of the molecule is O=C(N[C@H](C(=O)O)c1ccccc1)c1ccc(S(=O)(=O)C2CCCC2)cc1. The monoisotopic (exact) mass is 387 g/mol. The van der Waals surface area contributed by atoms with Gasteiger partial charge in [-0.05, 0) is 42.7 Å². The number of amides is 1. The molecule has 1 saturated carbocycles. The molecular formula is C20H21NO5S. The Hall–Kier alpha value is -2.67. The second kappa shape index (κ2) is 7.92. The van der Waals surface area contributed by atoms with Gasteiger partial charge in [0.15, 0.2) is 15.9 Å². The minimum Gasteiger partial charge on any atom is -0.479 e. The van der Waals surface area contributed by atoms with Gasteiger partial charge in [-0.1, -0.05) is 43.2 Å². The van der Waals surface area contributed by atoms with Gasteiger partial charge in [0.2, 0.25) is 0 Å². The Balaban J connectivity index is 1.76. The third-order valence-corrected chi connectivity index (χ3v) is 7.12. The first-order valence-corrected chi connectivity index (χ1v) is 10.4. The molecule has 0 aliphatic heterocycles. The molecule has 2 N–H and O–H groups in total. The fraction of sp³-hybridized carbons (Fsp3) is 0.300. The zero-order chi connectivity index (χ0) is 19.4. The van der Waals surface area contributed by atoms with Gasteiger partial charge in [-0.2, -0.15) is 0 Å². The normalized spacial score (nSPS) is 16.0. The summed E-state index contributed by atoms with van der Waals surface area (Å²) in [5, 5.41) is 11.5. The fourth-order valence-corrected chi connectivity index (χ4v) is 5.19. The summed E-state index contributed by atoms with van der Waals surface area (Å²) in [6.45, 7) is 0. The molecule has 0 bridgehead atoms. The summed E-state index contributed by atoms with van der Waals surface area (Å²) >= 11 is 0. The lowest BCUT2D eigenvalue weighted by molar-refractivity contribution is -0.139. The molecule has 0 saturated heterocycles. The number of rotatable bonds is 6. The summed E-state index contributed by atoms with van der Waals surface area (Å²) in [5.41, 5.74) is 0.668. The van der Waals surface area contributed by atoms with Gasteiger partial charge in [0.05, 0.1) is 10.1 Å². The van der Waals surface area contributed by atoms with Crippen LogP contribution in [0.15, 0.2) is 59.5 Å². The van der Waals surface area contributed by atoms with Crippen LogP contribution < -0.4 is 5.32 Å². The first-order valence-electron chi connectivity index (χ1n) is 8.82. The summed E-state index contributed by atoms with van der Waals surface area (Å²) in [5.74, 6) is -1.74. The molecule has 0 unspecified atom stereocenters. The number of sulfone groups is 1. The lowest BCUT2D eigenvalue weighted by atomic mass is 10.1. The number of carboxylic acid groups (broad SMARTS) is 1. The van der Waals surface area contributed by atoms with Crippen LogP contribution in [0.25, 0.3) is 0 Å². The number of hydrogen-bond donors (Lipinski definition) is 2. The summed E-state index contributed by atoms with van der Waals surface area (Å²) in [6, 6.07) is 12.9. The van der Waals surface area contributed by atoms with E-state index in [1.54, 1.807) is 30.3 Å². The molecule has 0 heterocycles. The molecule has 1 aliphatic carbocycles. The van der Waals surface area contributed by atoms with Crippen LogP contribution >= 0.6 is 0 Å². The summed E-state index contributed by atoms with van der Waals surface area (Å²) in [6.07, 6.45) is 3.17. The molecule has 1 fully saturated rings. The molecule has 0 aromatic heterocycles. The van der Waals surface area contributed by atoms with Gasteiger partial charge >= 0.3 is 5.97 Å². The second-order valence-electron chi connectivity index (χ2n) is 6.63. The van der Waals surface area contributed by atoms with Crippen molar-refractivity contribution in [3.05, 3.63) is 65.7 Å². The van der Waals surface area contributed by atoms with Crippen molar-refractivity contribution in [2.24, 2.45) is 0 Å². The number of nitrogens with one attached hydrogen (secondary N) is 1. The smallest absolute Gasteiger partial charge is 0.330 e. The second-order valence-corrected chi connectivity index (χ2v) is 8.86. The zero-order valence-electron chi connectivity index (χ0n) is 14.7. The highest BCUT2D eigenvalue weighted by Gasteiger charge is 2.30. The van der Waals surface area contributed by atoms with Gasteiger partial charge in [0.1, 0.15) is 0 Å². The first-order chi connectivity index (χ1) is 12.9. The van der Waals surface area contributed by atoms with E-state index in [2.05, 4.69) is 5.32 Å². The van der Waals surface area contributed by atoms with E-state index in [1.807, 2.05) is 0 Å². The highest BCUT2D eigenvalue weighted by atomic mass is 32.2. The van der Waals surface area contributed by atoms with E-state index < -0.39 is 27.8 Å². The zero-order valence-corrected chi connectivity index (χ0v) is 15.5. The number of aliphatic carboxylic acids is 1. The van der Waals surface area contributed by atoms with Crippen molar-refractivity contribution in [3.63, 3.8) is 0 Å². The van der Waals surface area contributed by atoms with Crippen LogP contribution in [0.5, 0.6) is 0 Å². The molecule has 27 heavy (non-hydrogen) atoms. The highest BCUT2D eigenvalue weighted by Crippen LogP contribution is 2.29. The fourth-order valence-electron chi connectivity index (χ4n) is 3.33. The van der Waals surface area contributed by atoms with E-state index in [4.69, 9.17) is 0 Å². The molecule has 3 rings (SSSR count). The minimum atomic E-state index is -3.39. The van der Waals surface area contributed by atoms with Crippen LogP contribution in [-0.2, 0) is 14.6 Å². The number of carbonyl (C=O) groups is 2. The average Bonchev–Trinajstić information content (AvgIpc) is 3.22. The molecule has 1 atom stereocenters. The predicted octanol–water partition coefficient (Wildman–Crippen LogP) is 2.96. The Morgan fingerprint density at radius 2 is 1.56 bits per heavy atom. The van der Waals surface area contributed by atoms with Gasteiger partial charge < -0.3 is 10.4 Å². The van der Waals surface area contributed by atoms with Crippen molar-refractivity contribution < 1.29 is 23.1 Å². The van der Waals surface area contributed by atoms with Gasteiger partial charge in [-0.3, -0.25) is 4.79 Å². The van der Waals surface area contributed by atoms with E-state index >= 15 is 0 Å². The van der Waals surface area contributed by atoms with E-state index in [-0.39, 0.29) is 15.7 Å².